The van der Waals surface area contributed by atoms with Crippen molar-refractivity contribution in [2.45, 2.75) is 69.7 Å². The van der Waals surface area contributed by atoms with Crippen molar-refractivity contribution >= 4 is 21.6 Å². The van der Waals surface area contributed by atoms with Gasteiger partial charge in [-0.2, -0.15) is 0 Å². The largest absolute Gasteiger partial charge is 0.497 e. The first-order valence-electron chi connectivity index (χ1n) is 13.8. The summed E-state index contributed by atoms with van der Waals surface area (Å²) in [6, 6.07) is 17.2. The van der Waals surface area contributed by atoms with Crippen LogP contribution in [0.15, 0.2) is 59.7 Å². The van der Waals surface area contributed by atoms with Gasteiger partial charge in [-0.1, -0.05) is 43.3 Å². The van der Waals surface area contributed by atoms with Crippen molar-refractivity contribution < 1.29 is 4.74 Å². The van der Waals surface area contributed by atoms with Gasteiger partial charge in [0.25, 0.3) is 5.56 Å². The van der Waals surface area contributed by atoms with Gasteiger partial charge in [-0.25, -0.2) is 4.98 Å². The summed E-state index contributed by atoms with van der Waals surface area (Å²) >= 11 is 1.78. The van der Waals surface area contributed by atoms with E-state index in [1.807, 2.05) is 10.6 Å². The standard InChI is InChI=1S/C32H34N2O2S/c1-32-15-14-24-23-13-11-22(36-2)17-21(23)10-12-25(24)26(32)18-27-29(32)28-30(37-27)33-19-34(31(28)35)16-6-9-20-7-4-3-5-8-20/h3-5,7-8,11,13,17,19,24-26H,6,9-10,12,14-16,18H2,1-2H3/t24-,25-,26+,32-/m1/s1. The normalized spacial score (nSPS) is 25.8. The molecule has 0 unspecified atom stereocenters. The van der Waals surface area contributed by atoms with Gasteiger partial charge < -0.3 is 4.74 Å². The molecular formula is C32H34N2O2S. The maximum atomic E-state index is 13.8. The predicted molar refractivity (Wildman–Crippen MR) is 150 cm³/mol. The zero-order valence-corrected chi connectivity index (χ0v) is 22.5. The molecule has 5 heteroatoms. The van der Waals surface area contributed by atoms with Crippen molar-refractivity contribution in [3.63, 3.8) is 0 Å². The molecule has 1 saturated carbocycles. The Morgan fingerprint density at radius 3 is 2.86 bits per heavy atom. The van der Waals surface area contributed by atoms with E-state index in [9.17, 15) is 4.79 Å². The molecule has 0 N–H and O–H groups in total. The summed E-state index contributed by atoms with van der Waals surface area (Å²) in [6.45, 7) is 3.17. The molecule has 0 amide bonds. The number of hydrogen-bond acceptors (Lipinski definition) is 4. The number of hydrogen-bond donors (Lipinski definition) is 0. The molecule has 1 fully saturated rings. The second-order valence-corrected chi connectivity index (χ2v) is 12.6. The molecule has 37 heavy (non-hydrogen) atoms. The molecule has 4 nitrogen and oxygen atoms in total. The Morgan fingerprint density at radius 2 is 2.03 bits per heavy atom. The molecule has 2 aromatic carbocycles. The number of aromatic nitrogens is 2. The first-order chi connectivity index (χ1) is 18.1. The van der Waals surface area contributed by atoms with E-state index in [0.29, 0.717) is 24.3 Å². The zero-order valence-electron chi connectivity index (χ0n) is 21.7. The smallest absolute Gasteiger partial charge is 0.262 e. The third-order valence-electron chi connectivity index (χ3n) is 9.76. The van der Waals surface area contributed by atoms with Crippen molar-refractivity contribution in [1.82, 2.24) is 9.55 Å². The third-order valence-corrected chi connectivity index (χ3v) is 10.9. The van der Waals surface area contributed by atoms with Crippen LogP contribution in [0.25, 0.3) is 10.2 Å². The number of aryl methyl sites for hydroxylation is 3. The topological polar surface area (TPSA) is 44.1 Å². The van der Waals surface area contributed by atoms with E-state index in [0.717, 1.165) is 48.1 Å². The molecule has 3 aliphatic carbocycles. The van der Waals surface area contributed by atoms with Crippen LogP contribution >= 0.6 is 11.3 Å². The van der Waals surface area contributed by atoms with Crippen molar-refractivity contribution in [3.05, 3.63) is 92.3 Å². The van der Waals surface area contributed by atoms with Crippen LogP contribution in [0, 0.1) is 11.8 Å². The van der Waals surface area contributed by atoms with Gasteiger partial charge in [-0.3, -0.25) is 9.36 Å². The summed E-state index contributed by atoms with van der Waals surface area (Å²) in [5.74, 6) is 2.89. The fraction of sp³-hybridized carbons (Fsp3) is 0.438. The van der Waals surface area contributed by atoms with Crippen LogP contribution in [0.3, 0.4) is 0 Å². The monoisotopic (exact) mass is 510 g/mol. The number of rotatable bonds is 5. The maximum Gasteiger partial charge on any atom is 0.262 e. The highest BCUT2D eigenvalue weighted by Crippen LogP contribution is 2.62. The predicted octanol–water partition coefficient (Wildman–Crippen LogP) is 6.67. The third kappa shape index (κ3) is 3.61. The minimum atomic E-state index is 0.0722. The van der Waals surface area contributed by atoms with Gasteiger partial charge in [-0.05, 0) is 103 Å². The summed E-state index contributed by atoms with van der Waals surface area (Å²) in [5, 5.41) is 0.923. The summed E-state index contributed by atoms with van der Waals surface area (Å²) in [4.78, 5) is 21.0. The van der Waals surface area contributed by atoms with E-state index in [2.05, 4.69) is 49.4 Å². The molecule has 4 aromatic rings. The average molecular weight is 511 g/mol. The molecule has 0 spiro atoms. The van der Waals surface area contributed by atoms with Crippen LogP contribution in [0.4, 0.5) is 0 Å². The van der Waals surface area contributed by atoms with E-state index in [-0.39, 0.29) is 11.0 Å². The van der Waals surface area contributed by atoms with Crippen LogP contribution in [0.2, 0.25) is 0 Å². The number of methoxy groups -OCH3 is 1. The summed E-state index contributed by atoms with van der Waals surface area (Å²) < 4.78 is 7.37. The maximum absolute atomic E-state index is 13.8. The Kier molecular flexibility index (Phi) is 5.54. The Bertz CT molecular complexity index is 1540. The molecule has 190 valence electrons. The Morgan fingerprint density at radius 1 is 1.16 bits per heavy atom. The summed E-state index contributed by atoms with van der Waals surface area (Å²) in [5.41, 5.74) is 5.93. The number of ether oxygens (including phenoxy) is 1. The van der Waals surface area contributed by atoms with E-state index in [4.69, 9.17) is 9.72 Å². The van der Waals surface area contributed by atoms with E-state index in [1.54, 1.807) is 30.3 Å². The van der Waals surface area contributed by atoms with E-state index in [1.165, 1.54) is 34.4 Å². The van der Waals surface area contributed by atoms with Gasteiger partial charge in [-0.15, -0.1) is 11.3 Å². The highest BCUT2D eigenvalue weighted by atomic mass is 32.1. The van der Waals surface area contributed by atoms with E-state index < -0.39 is 0 Å². The fourth-order valence-electron chi connectivity index (χ4n) is 7.97. The quantitative estimate of drug-likeness (QED) is 0.301. The van der Waals surface area contributed by atoms with Gasteiger partial charge in [0.05, 0.1) is 18.8 Å². The first-order valence-corrected chi connectivity index (χ1v) is 14.6. The van der Waals surface area contributed by atoms with Crippen molar-refractivity contribution in [2.24, 2.45) is 11.8 Å². The molecule has 7 rings (SSSR count). The lowest BCUT2D eigenvalue weighted by molar-refractivity contribution is 0.106. The van der Waals surface area contributed by atoms with Gasteiger partial charge in [0.15, 0.2) is 0 Å². The molecule has 2 heterocycles. The Balaban J connectivity index is 1.19. The van der Waals surface area contributed by atoms with Crippen molar-refractivity contribution in [3.8, 4) is 5.75 Å². The number of benzene rings is 2. The minimum Gasteiger partial charge on any atom is -0.497 e. The molecule has 0 radical (unpaired) electrons. The molecule has 2 aromatic heterocycles. The molecule has 0 bridgehead atoms. The highest BCUT2D eigenvalue weighted by Gasteiger charge is 2.54. The van der Waals surface area contributed by atoms with Crippen LogP contribution in [0.1, 0.15) is 65.7 Å². The van der Waals surface area contributed by atoms with Crippen molar-refractivity contribution in [1.29, 1.82) is 0 Å². The van der Waals surface area contributed by atoms with Gasteiger partial charge in [0.1, 0.15) is 10.6 Å². The minimum absolute atomic E-state index is 0.0722. The molecule has 3 aliphatic rings. The van der Waals surface area contributed by atoms with E-state index >= 15 is 0 Å². The molecular weight excluding hydrogens is 476 g/mol. The van der Waals surface area contributed by atoms with Gasteiger partial charge in [0.2, 0.25) is 0 Å². The lowest BCUT2D eigenvalue weighted by Crippen LogP contribution is -2.43. The zero-order chi connectivity index (χ0) is 25.1. The van der Waals surface area contributed by atoms with Gasteiger partial charge >= 0.3 is 0 Å². The highest BCUT2D eigenvalue weighted by molar-refractivity contribution is 7.18. The van der Waals surface area contributed by atoms with Crippen LogP contribution in [-0.2, 0) is 31.2 Å². The van der Waals surface area contributed by atoms with Crippen LogP contribution < -0.4 is 10.3 Å². The fourth-order valence-corrected chi connectivity index (χ4v) is 9.30. The number of nitrogens with zero attached hydrogens (tertiary/aromatic N) is 2. The number of thiophene rings is 1. The Labute approximate surface area is 222 Å². The van der Waals surface area contributed by atoms with Crippen LogP contribution in [-0.4, -0.2) is 16.7 Å². The summed E-state index contributed by atoms with van der Waals surface area (Å²) in [6.07, 6.45) is 9.51. The lowest BCUT2D eigenvalue weighted by atomic mass is 9.55. The first kappa shape index (κ1) is 23.2. The lowest BCUT2D eigenvalue weighted by Gasteiger charge is -2.49. The number of fused-ring (bicyclic) bond motifs is 9. The molecule has 0 aliphatic heterocycles. The van der Waals surface area contributed by atoms with Crippen LogP contribution in [0.5, 0.6) is 5.75 Å². The second kappa shape index (κ2) is 8.83. The Hall–Kier alpha value is -2.92. The van der Waals surface area contributed by atoms with Crippen molar-refractivity contribution in [2.75, 3.05) is 7.11 Å². The average Bonchev–Trinajstić information content (AvgIpc) is 3.44. The van der Waals surface area contributed by atoms with Gasteiger partial charge in [0, 0.05) is 11.4 Å². The summed E-state index contributed by atoms with van der Waals surface area (Å²) in [7, 11) is 1.76. The molecule has 4 atom stereocenters. The second-order valence-electron chi connectivity index (χ2n) is 11.6. The SMILES string of the molecule is COc1ccc2c(c1)CC[C@@H]1[C@@H]2CC[C@@]2(C)c3c(sc4ncn(CCCc5ccccc5)c(=O)c34)C[C@@H]12. The molecule has 0 saturated heterocycles.